The molecule has 74 valence electrons. The maximum absolute atomic E-state index is 11.6. The molecule has 4 heteroatoms. The summed E-state index contributed by atoms with van der Waals surface area (Å²) in [6, 6.07) is -0.678. The van der Waals surface area contributed by atoms with E-state index in [1.54, 1.807) is 27.8 Å². The summed E-state index contributed by atoms with van der Waals surface area (Å²) in [6.07, 6.45) is 0. The zero-order valence-electron chi connectivity index (χ0n) is 8.37. The normalized spacial score (nSPS) is 32.3. The minimum Gasteiger partial charge on any atom is -0.480 e. The third-order valence-corrected chi connectivity index (χ3v) is 3.15. The first-order valence-electron chi connectivity index (χ1n) is 4.30. The molecule has 0 saturated carbocycles. The lowest BCUT2D eigenvalue weighted by Gasteiger charge is -2.20. The van der Waals surface area contributed by atoms with Crippen molar-refractivity contribution in [2.75, 3.05) is 7.05 Å². The van der Waals surface area contributed by atoms with E-state index in [4.69, 9.17) is 5.11 Å². The Hall–Kier alpha value is -1.06. The molecule has 1 rings (SSSR count). The number of carboxylic acid groups (broad SMARTS) is 1. The molecule has 0 aromatic carbocycles. The van der Waals surface area contributed by atoms with Crippen LogP contribution in [0.4, 0.5) is 0 Å². The number of amides is 1. The third-order valence-electron chi connectivity index (χ3n) is 3.15. The van der Waals surface area contributed by atoms with Crippen molar-refractivity contribution in [3.8, 4) is 0 Å². The van der Waals surface area contributed by atoms with E-state index in [-0.39, 0.29) is 11.8 Å². The lowest BCUT2D eigenvalue weighted by molar-refractivity contribution is -0.146. The summed E-state index contributed by atoms with van der Waals surface area (Å²) in [6.45, 7) is 5.39. The number of carbonyl (C=O) groups is 2. The van der Waals surface area contributed by atoms with Crippen LogP contribution in [0.5, 0.6) is 0 Å². The molecule has 1 unspecified atom stereocenters. The number of carbonyl (C=O) groups excluding carboxylic acids is 1. The second-order valence-corrected chi connectivity index (χ2v) is 4.21. The van der Waals surface area contributed by atoms with Crippen molar-refractivity contribution < 1.29 is 14.7 Å². The number of hydrogen-bond acceptors (Lipinski definition) is 2. The zero-order chi connectivity index (χ0) is 10.4. The summed E-state index contributed by atoms with van der Waals surface area (Å²) >= 11 is 0. The van der Waals surface area contributed by atoms with Crippen LogP contribution in [0, 0.1) is 11.3 Å². The summed E-state index contributed by atoms with van der Waals surface area (Å²) in [5.41, 5.74) is -0.558. The summed E-state index contributed by atoms with van der Waals surface area (Å²) in [5.74, 6) is -1.16. The van der Waals surface area contributed by atoms with Crippen molar-refractivity contribution in [2.24, 2.45) is 11.3 Å². The maximum atomic E-state index is 11.6. The molecule has 0 aliphatic carbocycles. The van der Waals surface area contributed by atoms with Crippen LogP contribution in [-0.2, 0) is 9.59 Å². The van der Waals surface area contributed by atoms with E-state index in [2.05, 4.69) is 0 Å². The van der Waals surface area contributed by atoms with Gasteiger partial charge in [-0.05, 0) is 0 Å². The van der Waals surface area contributed by atoms with Gasteiger partial charge in [0.15, 0.2) is 0 Å². The molecule has 0 aromatic heterocycles. The smallest absolute Gasteiger partial charge is 0.326 e. The first-order valence-corrected chi connectivity index (χ1v) is 4.30. The Morgan fingerprint density at radius 2 is 2.00 bits per heavy atom. The van der Waals surface area contributed by atoms with E-state index in [9.17, 15) is 9.59 Å². The molecular formula is C9H15NO3. The molecule has 1 N–H and O–H groups in total. The highest BCUT2D eigenvalue weighted by Crippen LogP contribution is 2.39. The second kappa shape index (κ2) is 2.72. The summed E-state index contributed by atoms with van der Waals surface area (Å²) < 4.78 is 0. The highest BCUT2D eigenvalue weighted by molar-refractivity contribution is 5.91. The summed E-state index contributed by atoms with van der Waals surface area (Å²) in [7, 11) is 1.55. The van der Waals surface area contributed by atoms with E-state index in [0.717, 1.165) is 0 Å². The van der Waals surface area contributed by atoms with Crippen molar-refractivity contribution in [2.45, 2.75) is 26.8 Å². The largest absolute Gasteiger partial charge is 0.480 e. The third kappa shape index (κ3) is 1.20. The van der Waals surface area contributed by atoms with Crippen LogP contribution in [0.15, 0.2) is 0 Å². The van der Waals surface area contributed by atoms with Crippen molar-refractivity contribution in [1.82, 2.24) is 4.90 Å². The standard InChI is InChI=1S/C9H15NO3/c1-5-6(7(11)12)10(4)8(13)9(5,2)3/h5-6H,1-4H3,(H,11,12)/t5?,6-/m1/s1. The van der Waals surface area contributed by atoms with Crippen LogP contribution < -0.4 is 0 Å². The molecule has 1 aliphatic heterocycles. The quantitative estimate of drug-likeness (QED) is 0.650. The van der Waals surface area contributed by atoms with Gasteiger partial charge in [-0.25, -0.2) is 4.79 Å². The molecule has 13 heavy (non-hydrogen) atoms. The van der Waals surface area contributed by atoms with Crippen molar-refractivity contribution >= 4 is 11.9 Å². The molecule has 2 atom stereocenters. The van der Waals surface area contributed by atoms with Gasteiger partial charge in [-0.3, -0.25) is 4.79 Å². The van der Waals surface area contributed by atoms with Crippen LogP contribution in [-0.4, -0.2) is 35.0 Å². The van der Waals surface area contributed by atoms with Crippen molar-refractivity contribution in [1.29, 1.82) is 0 Å². The minimum atomic E-state index is -0.922. The topological polar surface area (TPSA) is 57.6 Å². The van der Waals surface area contributed by atoms with Crippen LogP contribution >= 0.6 is 0 Å². The van der Waals surface area contributed by atoms with E-state index in [1.807, 2.05) is 0 Å². The van der Waals surface area contributed by atoms with Gasteiger partial charge in [-0.1, -0.05) is 20.8 Å². The molecule has 0 radical (unpaired) electrons. The highest BCUT2D eigenvalue weighted by Gasteiger charge is 2.52. The van der Waals surface area contributed by atoms with Crippen molar-refractivity contribution in [3.05, 3.63) is 0 Å². The van der Waals surface area contributed by atoms with Gasteiger partial charge < -0.3 is 10.0 Å². The lowest BCUT2D eigenvalue weighted by atomic mass is 9.80. The SMILES string of the molecule is CC1[C@H](C(=O)O)N(C)C(=O)C1(C)C. The summed E-state index contributed by atoms with van der Waals surface area (Å²) in [5, 5.41) is 8.91. The van der Waals surface area contributed by atoms with Crippen molar-refractivity contribution in [3.63, 3.8) is 0 Å². The van der Waals surface area contributed by atoms with E-state index in [1.165, 1.54) is 4.90 Å². The summed E-state index contributed by atoms with van der Waals surface area (Å²) in [4.78, 5) is 23.8. The van der Waals surface area contributed by atoms with Crippen LogP contribution in [0.3, 0.4) is 0 Å². The van der Waals surface area contributed by atoms with Gasteiger partial charge >= 0.3 is 5.97 Å². The number of likely N-dealkylation sites (tertiary alicyclic amines) is 1. The predicted molar refractivity (Wildman–Crippen MR) is 47.1 cm³/mol. The second-order valence-electron chi connectivity index (χ2n) is 4.21. The Bertz CT molecular complexity index is 260. The Morgan fingerprint density at radius 3 is 2.15 bits per heavy atom. The monoisotopic (exact) mass is 185 g/mol. The fourth-order valence-electron chi connectivity index (χ4n) is 1.89. The number of rotatable bonds is 1. The first kappa shape index (κ1) is 10.0. The Kier molecular flexibility index (Phi) is 2.10. The fraction of sp³-hybridized carbons (Fsp3) is 0.778. The Labute approximate surface area is 77.5 Å². The van der Waals surface area contributed by atoms with Gasteiger partial charge in [0.1, 0.15) is 6.04 Å². The lowest BCUT2D eigenvalue weighted by Crippen LogP contribution is -2.37. The van der Waals surface area contributed by atoms with Gasteiger partial charge in [0.05, 0.1) is 0 Å². The van der Waals surface area contributed by atoms with Gasteiger partial charge in [0.25, 0.3) is 0 Å². The molecule has 0 aromatic rings. The average molecular weight is 185 g/mol. The van der Waals surface area contributed by atoms with Crippen LogP contribution in [0.1, 0.15) is 20.8 Å². The van der Waals surface area contributed by atoms with Gasteiger partial charge in [0, 0.05) is 18.4 Å². The molecule has 1 saturated heterocycles. The van der Waals surface area contributed by atoms with Crippen LogP contribution in [0.25, 0.3) is 0 Å². The minimum absolute atomic E-state index is 0.0904. The molecule has 1 heterocycles. The Morgan fingerprint density at radius 1 is 1.54 bits per heavy atom. The number of nitrogens with zero attached hydrogens (tertiary/aromatic N) is 1. The molecular weight excluding hydrogens is 170 g/mol. The number of aliphatic carboxylic acids is 1. The molecule has 1 fully saturated rings. The van der Waals surface area contributed by atoms with Crippen LogP contribution in [0.2, 0.25) is 0 Å². The number of carboxylic acids is 1. The zero-order valence-corrected chi connectivity index (χ0v) is 8.37. The molecule has 4 nitrogen and oxygen atoms in total. The molecule has 0 bridgehead atoms. The van der Waals surface area contributed by atoms with E-state index in [0.29, 0.717) is 0 Å². The van der Waals surface area contributed by atoms with Gasteiger partial charge in [-0.2, -0.15) is 0 Å². The maximum Gasteiger partial charge on any atom is 0.326 e. The molecule has 1 amide bonds. The molecule has 0 spiro atoms. The average Bonchev–Trinajstić information content (AvgIpc) is 2.14. The van der Waals surface area contributed by atoms with E-state index < -0.39 is 17.4 Å². The van der Waals surface area contributed by atoms with E-state index >= 15 is 0 Å². The predicted octanol–water partition coefficient (Wildman–Crippen LogP) is 0.574. The van der Waals surface area contributed by atoms with Gasteiger partial charge in [-0.15, -0.1) is 0 Å². The highest BCUT2D eigenvalue weighted by atomic mass is 16.4. The fourth-order valence-corrected chi connectivity index (χ4v) is 1.89. The first-order chi connectivity index (χ1) is 5.80. The molecule has 1 aliphatic rings. The number of hydrogen-bond donors (Lipinski definition) is 1. The van der Waals surface area contributed by atoms with Gasteiger partial charge in [0.2, 0.25) is 5.91 Å². The Balaban J connectivity index is 3.06. The number of likely N-dealkylation sites (N-methyl/N-ethyl adjacent to an activating group) is 1.